The summed E-state index contributed by atoms with van der Waals surface area (Å²) in [6, 6.07) is 20.3. The van der Waals surface area contributed by atoms with Crippen LogP contribution < -0.4 is 0 Å². The molecule has 0 aliphatic heterocycles. The average Bonchev–Trinajstić information content (AvgIpc) is 2.64. The number of hydrogen-bond acceptors (Lipinski definition) is 5. The highest BCUT2D eigenvalue weighted by Crippen LogP contribution is 2.15. The van der Waals surface area contributed by atoms with Crippen molar-refractivity contribution >= 4 is 11.9 Å². The lowest BCUT2D eigenvalue weighted by Crippen LogP contribution is -1.95. The van der Waals surface area contributed by atoms with Gasteiger partial charge >= 0.3 is 11.9 Å². The highest BCUT2D eigenvalue weighted by Gasteiger charge is 2.06. The molecule has 3 aromatic rings. The predicted octanol–water partition coefficient (Wildman–Crippen LogP) is 3.57. The van der Waals surface area contributed by atoms with Gasteiger partial charge in [-0.05, 0) is 36.4 Å². The van der Waals surface area contributed by atoms with Crippen LogP contribution in [0.2, 0.25) is 0 Å². The predicted molar refractivity (Wildman–Crippen MR) is 98.2 cm³/mol. The zero-order chi connectivity index (χ0) is 20.2. The Morgan fingerprint density at radius 2 is 0.852 bits per heavy atom. The van der Waals surface area contributed by atoms with E-state index in [1.807, 2.05) is 6.07 Å². The molecule has 140 valence electrons. The minimum absolute atomic E-state index is 0.0671. The molecule has 7 nitrogen and oxygen atoms in total. The Morgan fingerprint density at radius 3 is 1.07 bits per heavy atom. The fourth-order valence-electron chi connectivity index (χ4n) is 1.74. The number of aromatic carboxylic acids is 2. The van der Waals surface area contributed by atoms with Gasteiger partial charge in [0.2, 0.25) is 0 Å². The normalized spacial score (nSPS) is 9.04. The number of benzene rings is 3. The SMILES string of the molecule is O=C(O)c1ccccc1O.O=C(O)c1ccccc1O.Oc1ccccc1. The lowest BCUT2D eigenvalue weighted by molar-refractivity contribution is 0.0682. The maximum Gasteiger partial charge on any atom is 0.339 e. The molecule has 3 aromatic carbocycles. The van der Waals surface area contributed by atoms with Crippen molar-refractivity contribution < 1.29 is 35.1 Å². The fourth-order valence-corrected chi connectivity index (χ4v) is 1.74. The summed E-state index contributed by atoms with van der Waals surface area (Å²) in [5, 5.41) is 43.2. The summed E-state index contributed by atoms with van der Waals surface area (Å²) in [4.78, 5) is 20.5. The largest absolute Gasteiger partial charge is 0.508 e. The number of phenolic OH excluding ortho intramolecular Hbond substituents is 1. The topological polar surface area (TPSA) is 135 Å². The number of carbonyl (C=O) groups is 2. The summed E-state index contributed by atoms with van der Waals surface area (Å²) in [6.45, 7) is 0. The third-order valence-electron chi connectivity index (χ3n) is 3.03. The molecule has 0 saturated carbocycles. The molecule has 0 aromatic heterocycles. The number of hydrogen-bond donors (Lipinski definition) is 5. The van der Waals surface area contributed by atoms with Crippen molar-refractivity contribution in [3.8, 4) is 17.2 Å². The third-order valence-corrected chi connectivity index (χ3v) is 3.03. The average molecular weight is 370 g/mol. The van der Waals surface area contributed by atoms with E-state index in [1.165, 1.54) is 24.3 Å². The minimum Gasteiger partial charge on any atom is -0.508 e. The molecule has 0 fully saturated rings. The van der Waals surface area contributed by atoms with Crippen LogP contribution >= 0.6 is 0 Å². The first-order valence-electron chi connectivity index (χ1n) is 7.59. The van der Waals surface area contributed by atoms with Gasteiger partial charge in [-0.15, -0.1) is 0 Å². The molecule has 3 rings (SSSR count). The van der Waals surface area contributed by atoms with Crippen LogP contribution in [0.1, 0.15) is 20.7 Å². The van der Waals surface area contributed by atoms with E-state index in [0.717, 1.165) is 0 Å². The highest BCUT2D eigenvalue weighted by atomic mass is 16.4. The third kappa shape index (κ3) is 7.61. The van der Waals surface area contributed by atoms with E-state index < -0.39 is 11.9 Å². The number of phenols is 3. The van der Waals surface area contributed by atoms with Gasteiger partial charge in [-0.3, -0.25) is 0 Å². The second-order valence-electron chi connectivity index (χ2n) is 4.98. The van der Waals surface area contributed by atoms with Gasteiger partial charge in [0.1, 0.15) is 28.4 Å². The minimum atomic E-state index is -1.11. The Hall–Kier alpha value is -4.00. The second-order valence-corrected chi connectivity index (χ2v) is 4.98. The monoisotopic (exact) mass is 370 g/mol. The van der Waals surface area contributed by atoms with E-state index in [4.69, 9.17) is 25.5 Å². The van der Waals surface area contributed by atoms with Crippen molar-refractivity contribution in [3.63, 3.8) is 0 Å². The molecule has 5 N–H and O–H groups in total. The molecule has 0 unspecified atom stereocenters. The summed E-state index contributed by atoms with van der Waals surface area (Å²) < 4.78 is 0. The molecule has 27 heavy (non-hydrogen) atoms. The van der Waals surface area contributed by atoms with E-state index >= 15 is 0 Å². The van der Waals surface area contributed by atoms with Crippen LogP contribution in [0.4, 0.5) is 0 Å². The first-order chi connectivity index (χ1) is 12.8. The van der Waals surface area contributed by atoms with Gasteiger partial charge in [0.25, 0.3) is 0 Å². The van der Waals surface area contributed by atoms with E-state index in [-0.39, 0.29) is 22.6 Å². The molecule has 0 radical (unpaired) electrons. The van der Waals surface area contributed by atoms with Gasteiger partial charge in [0, 0.05) is 0 Å². The van der Waals surface area contributed by atoms with Crippen molar-refractivity contribution in [1.29, 1.82) is 0 Å². The quantitative estimate of drug-likeness (QED) is 0.465. The molecule has 0 amide bonds. The van der Waals surface area contributed by atoms with Crippen LogP contribution in [0.15, 0.2) is 78.9 Å². The van der Waals surface area contributed by atoms with Gasteiger partial charge in [0.15, 0.2) is 0 Å². The highest BCUT2D eigenvalue weighted by molar-refractivity contribution is 5.91. The summed E-state index contributed by atoms with van der Waals surface area (Å²) >= 11 is 0. The van der Waals surface area contributed by atoms with Gasteiger partial charge in [-0.2, -0.15) is 0 Å². The van der Waals surface area contributed by atoms with E-state index in [1.54, 1.807) is 48.5 Å². The first-order valence-corrected chi connectivity index (χ1v) is 7.59. The van der Waals surface area contributed by atoms with Crippen molar-refractivity contribution in [1.82, 2.24) is 0 Å². The van der Waals surface area contributed by atoms with Crippen LogP contribution in [0.25, 0.3) is 0 Å². The summed E-state index contributed by atoms with van der Waals surface area (Å²) in [7, 11) is 0. The summed E-state index contributed by atoms with van der Waals surface area (Å²) in [5.74, 6) is -2.30. The number of rotatable bonds is 2. The van der Waals surface area contributed by atoms with Gasteiger partial charge in [-0.25, -0.2) is 9.59 Å². The van der Waals surface area contributed by atoms with Crippen LogP contribution in [0.3, 0.4) is 0 Å². The van der Waals surface area contributed by atoms with Crippen molar-refractivity contribution in [2.24, 2.45) is 0 Å². The Morgan fingerprint density at radius 1 is 0.519 bits per heavy atom. The van der Waals surface area contributed by atoms with Crippen molar-refractivity contribution in [2.45, 2.75) is 0 Å². The molecule has 0 aliphatic rings. The van der Waals surface area contributed by atoms with Crippen LogP contribution in [0, 0.1) is 0 Å². The van der Waals surface area contributed by atoms with E-state index in [0.29, 0.717) is 5.75 Å². The molecule has 7 heteroatoms. The standard InChI is InChI=1S/2C7H6O3.C6H6O/c2*8-6-4-2-1-3-5(6)7(9)10;7-6-4-2-1-3-5-6/h2*1-4,8H,(H,9,10);1-5,7H. The Balaban J connectivity index is 0.000000206. The maximum absolute atomic E-state index is 10.3. The fraction of sp³-hybridized carbons (Fsp3) is 0. The van der Waals surface area contributed by atoms with E-state index in [2.05, 4.69) is 0 Å². The maximum atomic E-state index is 10.3. The van der Waals surface area contributed by atoms with Crippen LogP contribution in [0.5, 0.6) is 17.2 Å². The molecule has 0 bridgehead atoms. The molecule has 0 aliphatic carbocycles. The zero-order valence-corrected chi connectivity index (χ0v) is 14.1. The lowest BCUT2D eigenvalue weighted by Gasteiger charge is -1.95. The first kappa shape index (κ1) is 21.0. The van der Waals surface area contributed by atoms with Crippen molar-refractivity contribution in [2.75, 3.05) is 0 Å². The summed E-state index contributed by atoms with van der Waals surface area (Å²) in [6.07, 6.45) is 0. The van der Waals surface area contributed by atoms with Crippen molar-refractivity contribution in [3.05, 3.63) is 90.0 Å². The van der Waals surface area contributed by atoms with Gasteiger partial charge in [0.05, 0.1) is 0 Å². The number of para-hydroxylation sites is 3. The molecule has 0 heterocycles. The number of carboxylic acid groups (broad SMARTS) is 2. The Bertz CT molecular complexity index is 821. The van der Waals surface area contributed by atoms with Crippen LogP contribution in [-0.2, 0) is 0 Å². The zero-order valence-electron chi connectivity index (χ0n) is 14.1. The molecule has 0 atom stereocenters. The lowest BCUT2D eigenvalue weighted by atomic mass is 10.2. The van der Waals surface area contributed by atoms with Gasteiger partial charge in [-0.1, -0.05) is 42.5 Å². The Kier molecular flexibility index (Phi) is 8.40. The van der Waals surface area contributed by atoms with Gasteiger partial charge < -0.3 is 25.5 Å². The smallest absolute Gasteiger partial charge is 0.339 e. The number of aromatic hydroxyl groups is 3. The van der Waals surface area contributed by atoms with Crippen LogP contribution in [-0.4, -0.2) is 37.5 Å². The molecule has 0 saturated heterocycles. The molecule has 0 spiro atoms. The Labute approximate surface area is 155 Å². The molecular weight excluding hydrogens is 352 g/mol. The number of carboxylic acids is 2. The second kappa shape index (κ2) is 10.8. The van der Waals surface area contributed by atoms with E-state index in [9.17, 15) is 9.59 Å². The summed E-state index contributed by atoms with van der Waals surface area (Å²) in [5.41, 5.74) is -0.134. The molecular formula is C20H18O7.